The minimum Gasteiger partial charge on any atom is -0.459 e. The van der Waals surface area contributed by atoms with Crippen molar-refractivity contribution in [1.82, 2.24) is 14.9 Å². The molecule has 1 fully saturated rings. The number of imidazole rings is 1. The Morgan fingerprint density at radius 1 is 0.778 bits per heavy atom. The van der Waals surface area contributed by atoms with Crippen molar-refractivity contribution in [3.8, 4) is 0 Å². The van der Waals surface area contributed by atoms with Gasteiger partial charge in [-0.3, -0.25) is 14.7 Å². The molecular formula is C32H26N4O9. The van der Waals surface area contributed by atoms with Crippen molar-refractivity contribution < 1.29 is 42.9 Å². The number of rotatable bonds is 8. The van der Waals surface area contributed by atoms with E-state index in [-0.39, 0.29) is 34.7 Å². The number of urea groups is 1. The van der Waals surface area contributed by atoms with E-state index < -0.39 is 60.9 Å². The summed E-state index contributed by atoms with van der Waals surface area (Å²) in [6.07, 6.45) is -3.86. The number of carbonyl (C=O) groups excluding carboxylic acids is 5. The molecule has 0 unspecified atom stereocenters. The molecule has 4 atom stereocenters. The molecule has 4 aromatic rings. The Labute approximate surface area is 256 Å². The first kappa shape index (κ1) is 29.3. The number of hydrogen-bond acceptors (Lipinski definition) is 10. The number of amides is 2. The average molecular weight is 611 g/mol. The topological polar surface area (TPSA) is 164 Å². The van der Waals surface area contributed by atoms with Gasteiger partial charge in [0, 0.05) is 0 Å². The number of esters is 3. The molecule has 2 aliphatic heterocycles. The third kappa shape index (κ3) is 6.28. The highest BCUT2D eigenvalue weighted by atomic mass is 16.7. The summed E-state index contributed by atoms with van der Waals surface area (Å²) in [5.74, 6) is -2.66. The van der Waals surface area contributed by atoms with E-state index in [4.69, 9.17) is 18.9 Å². The number of anilines is 1. The number of nitrogens with zero attached hydrogens (tertiary/aromatic N) is 2. The molecule has 45 heavy (non-hydrogen) atoms. The highest BCUT2D eigenvalue weighted by Crippen LogP contribution is 2.38. The number of carbonyl (C=O) groups is 5. The molecule has 0 radical (unpaired) electrons. The Kier molecular flexibility index (Phi) is 8.33. The lowest BCUT2D eigenvalue weighted by molar-refractivity contribution is -0.0612. The quantitative estimate of drug-likeness (QED) is 0.223. The van der Waals surface area contributed by atoms with Crippen LogP contribution in [0.25, 0.3) is 0 Å². The number of fused-ring (bicyclic) bond motifs is 1. The van der Waals surface area contributed by atoms with Gasteiger partial charge in [-0.25, -0.2) is 24.2 Å². The van der Waals surface area contributed by atoms with Gasteiger partial charge in [-0.2, -0.15) is 0 Å². The van der Waals surface area contributed by atoms with Crippen LogP contribution in [-0.2, 0) is 18.9 Å². The number of ether oxygens (including phenoxy) is 4. The molecule has 2 amide bonds. The number of benzene rings is 3. The Balaban J connectivity index is 1.38. The van der Waals surface area contributed by atoms with Gasteiger partial charge in [0.2, 0.25) is 5.78 Å². The lowest BCUT2D eigenvalue weighted by Gasteiger charge is -2.25. The summed E-state index contributed by atoms with van der Waals surface area (Å²) in [6.45, 7) is -0.691. The van der Waals surface area contributed by atoms with Crippen LogP contribution in [0.3, 0.4) is 0 Å². The van der Waals surface area contributed by atoms with E-state index in [9.17, 15) is 24.0 Å². The van der Waals surface area contributed by atoms with Crippen molar-refractivity contribution in [2.24, 2.45) is 0 Å². The highest BCUT2D eigenvalue weighted by Gasteiger charge is 2.52. The molecule has 3 heterocycles. The van der Waals surface area contributed by atoms with Crippen LogP contribution in [0.15, 0.2) is 97.3 Å². The van der Waals surface area contributed by atoms with Gasteiger partial charge in [0.25, 0.3) is 0 Å². The van der Waals surface area contributed by atoms with Gasteiger partial charge < -0.3 is 24.3 Å². The van der Waals surface area contributed by atoms with Crippen LogP contribution in [0.5, 0.6) is 0 Å². The van der Waals surface area contributed by atoms with Crippen LogP contribution in [-0.4, -0.2) is 70.7 Å². The standard InChI is InChI=1S/C32H26N4O9/c37-22-16-33-32(41)35-27-24(22)34-18-36(27)28-26(45-31(40)21-14-8-3-9-15-21)25(44-30(39)20-12-6-2-7-13-20)23(43-28)17-42-29(38)19-10-4-1-5-11-19/h1-15,18,23,25-26,28H,16-17H2,(H2,33,35,41)/t23-,25-,26-,28-/m1/s1. The number of Topliss-reactive ketones (excluding diaryl/α,β-unsaturated/α-hetero) is 1. The molecule has 6 rings (SSSR count). The third-order valence-electron chi connectivity index (χ3n) is 7.15. The first-order chi connectivity index (χ1) is 21.9. The molecule has 2 aliphatic rings. The van der Waals surface area contributed by atoms with Gasteiger partial charge in [-0.15, -0.1) is 0 Å². The van der Waals surface area contributed by atoms with Crippen LogP contribution >= 0.6 is 0 Å². The monoisotopic (exact) mass is 610 g/mol. The Morgan fingerprint density at radius 3 is 1.89 bits per heavy atom. The summed E-state index contributed by atoms with van der Waals surface area (Å²) in [7, 11) is 0. The zero-order valence-corrected chi connectivity index (χ0v) is 23.5. The van der Waals surface area contributed by atoms with Crippen molar-refractivity contribution >= 4 is 35.5 Å². The van der Waals surface area contributed by atoms with E-state index in [2.05, 4.69) is 15.6 Å². The summed E-state index contributed by atoms with van der Waals surface area (Å²) in [4.78, 5) is 68.7. The molecule has 0 bridgehead atoms. The van der Waals surface area contributed by atoms with Crippen molar-refractivity contribution in [3.63, 3.8) is 0 Å². The van der Waals surface area contributed by atoms with E-state index in [1.54, 1.807) is 91.0 Å². The van der Waals surface area contributed by atoms with Crippen molar-refractivity contribution in [2.45, 2.75) is 24.5 Å². The van der Waals surface area contributed by atoms with Gasteiger partial charge >= 0.3 is 23.9 Å². The van der Waals surface area contributed by atoms with E-state index in [0.29, 0.717) is 0 Å². The number of aromatic nitrogens is 2. The molecule has 1 aromatic heterocycles. The predicted molar refractivity (Wildman–Crippen MR) is 156 cm³/mol. The maximum Gasteiger partial charge on any atom is 0.338 e. The van der Waals surface area contributed by atoms with E-state index in [1.807, 2.05) is 0 Å². The van der Waals surface area contributed by atoms with Crippen molar-refractivity contribution in [1.29, 1.82) is 0 Å². The summed E-state index contributed by atoms with van der Waals surface area (Å²) in [5, 5.41) is 4.98. The van der Waals surface area contributed by atoms with Gasteiger partial charge in [-0.1, -0.05) is 54.6 Å². The maximum absolute atomic E-state index is 13.4. The fraction of sp³-hybridized carbons (Fsp3) is 0.188. The van der Waals surface area contributed by atoms with Crippen LogP contribution in [0, 0.1) is 0 Å². The normalized spacial score (nSPS) is 20.6. The minimum atomic E-state index is -1.35. The van der Waals surface area contributed by atoms with Gasteiger partial charge in [-0.05, 0) is 36.4 Å². The molecule has 228 valence electrons. The zero-order chi connectivity index (χ0) is 31.3. The summed E-state index contributed by atoms with van der Waals surface area (Å²) >= 11 is 0. The SMILES string of the molecule is O=C1NCC(=O)c2ncn([C@@H]3O[C@H](COC(=O)c4ccccc4)[C@@H](OC(=O)c4ccccc4)[C@H]3OC(=O)c3ccccc3)c2N1. The molecule has 0 spiro atoms. The molecule has 13 heteroatoms. The fourth-order valence-electron chi connectivity index (χ4n) is 4.96. The molecule has 0 saturated carbocycles. The highest BCUT2D eigenvalue weighted by molar-refractivity contribution is 6.07. The zero-order valence-electron chi connectivity index (χ0n) is 23.5. The second-order valence-corrected chi connectivity index (χ2v) is 10.1. The van der Waals surface area contributed by atoms with Crippen LogP contribution in [0.2, 0.25) is 0 Å². The number of hydrogen-bond donors (Lipinski definition) is 2. The van der Waals surface area contributed by atoms with E-state index in [0.717, 1.165) is 0 Å². The smallest absolute Gasteiger partial charge is 0.338 e. The lowest BCUT2D eigenvalue weighted by atomic mass is 10.1. The van der Waals surface area contributed by atoms with Gasteiger partial charge in [0.05, 0.1) is 29.6 Å². The Bertz CT molecular complexity index is 1730. The summed E-state index contributed by atoms with van der Waals surface area (Å²) in [5.41, 5.74) is 0.655. The lowest BCUT2D eigenvalue weighted by Crippen LogP contribution is -2.41. The first-order valence-corrected chi connectivity index (χ1v) is 13.9. The van der Waals surface area contributed by atoms with Crippen LogP contribution in [0.1, 0.15) is 47.8 Å². The maximum atomic E-state index is 13.4. The molecule has 13 nitrogen and oxygen atoms in total. The van der Waals surface area contributed by atoms with Crippen LogP contribution in [0.4, 0.5) is 10.6 Å². The molecule has 1 saturated heterocycles. The third-order valence-corrected chi connectivity index (χ3v) is 7.15. The average Bonchev–Trinajstić information content (AvgIpc) is 3.59. The number of ketones is 1. The Morgan fingerprint density at radius 2 is 1.31 bits per heavy atom. The second-order valence-electron chi connectivity index (χ2n) is 10.1. The number of nitrogens with one attached hydrogen (secondary N) is 2. The molecule has 3 aromatic carbocycles. The van der Waals surface area contributed by atoms with Crippen molar-refractivity contribution in [3.05, 3.63) is 120 Å². The second kappa shape index (κ2) is 12.8. The fourth-order valence-corrected chi connectivity index (χ4v) is 4.96. The van der Waals surface area contributed by atoms with Gasteiger partial charge in [0.1, 0.15) is 18.5 Å². The van der Waals surface area contributed by atoms with Crippen LogP contribution < -0.4 is 10.6 Å². The molecule has 2 N–H and O–H groups in total. The van der Waals surface area contributed by atoms with Crippen molar-refractivity contribution in [2.75, 3.05) is 18.5 Å². The largest absolute Gasteiger partial charge is 0.459 e. The predicted octanol–water partition coefficient (Wildman–Crippen LogP) is 3.41. The van der Waals surface area contributed by atoms with E-state index in [1.165, 1.54) is 10.9 Å². The van der Waals surface area contributed by atoms with E-state index >= 15 is 0 Å². The van der Waals surface area contributed by atoms with Gasteiger partial charge in [0.15, 0.2) is 24.1 Å². The molecular weight excluding hydrogens is 584 g/mol. The first-order valence-electron chi connectivity index (χ1n) is 13.9. The molecule has 0 aliphatic carbocycles. The Hall–Kier alpha value is -5.82. The summed E-state index contributed by atoms with van der Waals surface area (Å²) < 4.78 is 25.0. The summed E-state index contributed by atoms with van der Waals surface area (Å²) in [6, 6.07) is 23.9. The minimum absolute atomic E-state index is 0.0178.